The topological polar surface area (TPSA) is 51.6 Å². The molecule has 0 amide bonds. The van der Waals surface area contributed by atoms with Gasteiger partial charge in [0.15, 0.2) is 17.5 Å². The molecule has 0 aliphatic heterocycles. The zero-order valence-corrected chi connectivity index (χ0v) is 29.2. The zero-order chi connectivity index (χ0) is 34.2. The van der Waals surface area contributed by atoms with E-state index in [0.29, 0.717) is 17.5 Å². The number of hydrogen-bond donors (Lipinski definition) is 0. The van der Waals surface area contributed by atoms with Gasteiger partial charge >= 0.3 is 0 Å². The molecule has 11 rings (SSSR count). The van der Waals surface area contributed by atoms with Gasteiger partial charge in [-0.15, -0.1) is 22.7 Å². The lowest BCUT2D eigenvalue weighted by atomic mass is 9.96. The molecule has 0 unspecified atom stereocenters. The third-order valence-electron chi connectivity index (χ3n) is 9.92. The van der Waals surface area contributed by atoms with Crippen LogP contribution in [-0.2, 0) is 0 Å². The van der Waals surface area contributed by atoms with Crippen LogP contribution < -0.4 is 0 Å². The van der Waals surface area contributed by atoms with Crippen LogP contribution in [0.2, 0.25) is 0 Å². The molecule has 3 aromatic heterocycles. The Morgan fingerprint density at radius 1 is 0.365 bits per heavy atom. The van der Waals surface area contributed by atoms with Crippen LogP contribution in [0.1, 0.15) is 0 Å². The standard InChI is InChI=1S/C46H26N4S2/c1-2-13-28(14-3-1)46-47-42-39(52-46)26-38-40(35-20-10-11-21-37(35)51-38)41(42)45-49-43(31-23-22-27-12-4-5-15-29(27)24-31)48-44(50-45)36-25-30-16-6-7-17-32(30)33-18-8-9-19-34(33)36/h1-26H. The maximum atomic E-state index is 5.43. The average Bonchev–Trinajstić information content (AvgIpc) is 3.81. The van der Waals surface area contributed by atoms with Gasteiger partial charge in [-0.3, -0.25) is 0 Å². The van der Waals surface area contributed by atoms with Crippen LogP contribution in [0.25, 0.3) is 107 Å². The first-order valence-electron chi connectivity index (χ1n) is 17.2. The van der Waals surface area contributed by atoms with Gasteiger partial charge in [0, 0.05) is 36.9 Å². The van der Waals surface area contributed by atoms with E-state index in [1.54, 1.807) is 22.7 Å². The van der Waals surface area contributed by atoms with Crippen LogP contribution >= 0.6 is 22.7 Å². The number of thiazole rings is 1. The lowest BCUT2D eigenvalue weighted by Gasteiger charge is -2.13. The number of nitrogens with zero attached hydrogens (tertiary/aromatic N) is 4. The highest BCUT2D eigenvalue weighted by Gasteiger charge is 2.23. The fourth-order valence-corrected chi connectivity index (χ4v) is 9.75. The van der Waals surface area contributed by atoms with Crippen molar-refractivity contribution in [3.05, 3.63) is 158 Å². The second-order valence-electron chi connectivity index (χ2n) is 13.0. The predicted octanol–water partition coefficient (Wildman–Crippen LogP) is 13.0. The average molecular weight is 699 g/mol. The zero-order valence-electron chi connectivity index (χ0n) is 27.6. The van der Waals surface area contributed by atoms with Crippen molar-refractivity contribution in [2.75, 3.05) is 0 Å². The molecular formula is C46H26N4S2. The summed E-state index contributed by atoms with van der Waals surface area (Å²) in [7, 11) is 0. The highest BCUT2D eigenvalue weighted by Crippen LogP contribution is 2.46. The lowest BCUT2D eigenvalue weighted by Crippen LogP contribution is -2.01. The van der Waals surface area contributed by atoms with E-state index in [9.17, 15) is 0 Å². The predicted molar refractivity (Wildman–Crippen MR) is 220 cm³/mol. The van der Waals surface area contributed by atoms with Crippen molar-refractivity contribution in [3.8, 4) is 44.7 Å². The summed E-state index contributed by atoms with van der Waals surface area (Å²) in [6.45, 7) is 0. The molecule has 0 radical (unpaired) electrons. The van der Waals surface area contributed by atoms with Gasteiger partial charge < -0.3 is 0 Å². The molecule has 0 bridgehead atoms. The van der Waals surface area contributed by atoms with Crippen LogP contribution in [0.5, 0.6) is 0 Å². The molecule has 0 fully saturated rings. The van der Waals surface area contributed by atoms with E-state index >= 15 is 0 Å². The maximum absolute atomic E-state index is 5.43. The van der Waals surface area contributed by atoms with E-state index in [4.69, 9.17) is 19.9 Å². The highest BCUT2D eigenvalue weighted by atomic mass is 32.1. The molecule has 8 aromatic carbocycles. The largest absolute Gasteiger partial charge is 0.235 e. The number of thiophene rings is 1. The third kappa shape index (κ3) is 4.65. The second-order valence-corrected chi connectivity index (χ2v) is 15.1. The Morgan fingerprint density at radius 2 is 1.04 bits per heavy atom. The minimum absolute atomic E-state index is 0.620. The van der Waals surface area contributed by atoms with Crippen LogP contribution in [0, 0.1) is 0 Å². The van der Waals surface area contributed by atoms with Gasteiger partial charge in [0.05, 0.1) is 15.8 Å². The Bertz CT molecular complexity index is 3200. The van der Waals surface area contributed by atoms with E-state index in [1.165, 1.54) is 30.9 Å². The van der Waals surface area contributed by atoms with Crippen molar-refractivity contribution >= 4 is 85.4 Å². The summed E-state index contributed by atoms with van der Waals surface area (Å²) in [6.07, 6.45) is 0. The Hall–Kier alpha value is -6.34. The molecule has 0 saturated heterocycles. The Balaban J connectivity index is 1.27. The minimum Gasteiger partial charge on any atom is -0.235 e. The van der Waals surface area contributed by atoms with Gasteiger partial charge in [-0.25, -0.2) is 19.9 Å². The maximum Gasteiger partial charge on any atom is 0.167 e. The second kappa shape index (κ2) is 11.6. The molecule has 6 heteroatoms. The van der Waals surface area contributed by atoms with Gasteiger partial charge in [0.1, 0.15) is 5.01 Å². The summed E-state index contributed by atoms with van der Waals surface area (Å²) in [6, 6.07) is 55.5. The van der Waals surface area contributed by atoms with Crippen LogP contribution in [-0.4, -0.2) is 19.9 Å². The molecule has 242 valence electrons. The Labute approximate surface area is 306 Å². The quantitative estimate of drug-likeness (QED) is 0.172. The fraction of sp³-hybridized carbons (Fsp3) is 0. The molecule has 52 heavy (non-hydrogen) atoms. The first-order valence-corrected chi connectivity index (χ1v) is 18.9. The molecule has 4 nitrogen and oxygen atoms in total. The van der Waals surface area contributed by atoms with Gasteiger partial charge in [0.2, 0.25) is 0 Å². The molecule has 0 saturated carbocycles. The van der Waals surface area contributed by atoms with E-state index in [2.05, 4.69) is 152 Å². The monoisotopic (exact) mass is 698 g/mol. The SMILES string of the molecule is c1ccc(-c2nc3c(-c4nc(-c5ccc6ccccc6c5)nc(-c5cc6ccccc6c6ccccc56)n4)c4c(cc3s2)sc2ccccc24)cc1. The summed E-state index contributed by atoms with van der Waals surface area (Å²) in [4.78, 5) is 21.4. The van der Waals surface area contributed by atoms with Gasteiger partial charge in [0.25, 0.3) is 0 Å². The van der Waals surface area contributed by atoms with Gasteiger partial charge in [-0.05, 0) is 56.6 Å². The first-order chi connectivity index (χ1) is 25.7. The summed E-state index contributed by atoms with van der Waals surface area (Å²) < 4.78 is 3.53. The lowest BCUT2D eigenvalue weighted by molar-refractivity contribution is 1.08. The van der Waals surface area contributed by atoms with Crippen molar-refractivity contribution in [1.82, 2.24) is 19.9 Å². The molecule has 0 aliphatic rings. The minimum atomic E-state index is 0.620. The Morgan fingerprint density at radius 3 is 1.90 bits per heavy atom. The highest BCUT2D eigenvalue weighted by molar-refractivity contribution is 7.27. The van der Waals surface area contributed by atoms with Crippen molar-refractivity contribution in [3.63, 3.8) is 0 Å². The molecule has 0 spiro atoms. The normalized spacial score (nSPS) is 11.8. The van der Waals surface area contributed by atoms with E-state index < -0.39 is 0 Å². The molecule has 11 aromatic rings. The van der Waals surface area contributed by atoms with E-state index in [1.807, 2.05) is 6.07 Å². The summed E-state index contributed by atoms with van der Waals surface area (Å²) in [5.41, 5.74) is 4.86. The number of fused-ring (bicyclic) bond motifs is 8. The Kier molecular flexibility index (Phi) is 6.56. The van der Waals surface area contributed by atoms with Crippen molar-refractivity contribution in [2.45, 2.75) is 0 Å². The van der Waals surface area contributed by atoms with E-state index in [-0.39, 0.29) is 0 Å². The summed E-state index contributed by atoms with van der Waals surface area (Å²) in [5.74, 6) is 1.89. The van der Waals surface area contributed by atoms with Crippen molar-refractivity contribution in [2.24, 2.45) is 0 Å². The molecule has 0 aliphatic carbocycles. The third-order valence-corrected chi connectivity index (χ3v) is 12.1. The molecular weight excluding hydrogens is 673 g/mol. The molecule has 3 heterocycles. The first kappa shape index (κ1) is 29.4. The van der Waals surface area contributed by atoms with Gasteiger partial charge in [-0.1, -0.05) is 133 Å². The summed E-state index contributed by atoms with van der Waals surface area (Å²) >= 11 is 3.52. The number of hydrogen-bond acceptors (Lipinski definition) is 6. The molecule has 0 N–H and O–H groups in total. The van der Waals surface area contributed by atoms with Crippen LogP contribution in [0.3, 0.4) is 0 Å². The van der Waals surface area contributed by atoms with E-state index in [0.717, 1.165) is 59.0 Å². The van der Waals surface area contributed by atoms with Gasteiger partial charge in [-0.2, -0.15) is 0 Å². The van der Waals surface area contributed by atoms with Crippen molar-refractivity contribution in [1.29, 1.82) is 0 Å². The fourth-order valence-electron chi connectivity index (χ4n) is 7.50. The van der Waals surface area contributed by atoms with Crippen LogP contribution in [0.4, 0.5) is 0 Å². The number of aromatic nitrogens is 4. The number of rotatable bonds is 4. The number of benzene rings is 8. The molecule has 0 atom stereocenters. The van der Waals surface area contributed by atoms with Crippen molar-refractivity contribution < 1.29 is 0 Å². The summed E-state index contributed by atoms with van der Waals surface area (Å²) in [5, 5.41) is 10.2. The smallest absolute Gasteiger partial charge is 0.167 e. The van der Waals surface area contributed by atoms with Crippen LogP contribution in [0.15, 0.2) is 158 Å².